The molecule has 1 saturated heterocycles. The number of carbonyl (C=O) groups excluding carboxylic acids is 2. The van der Waals surface area contributed by atoms with Crippen molar-refractivity contribution in [3.05, 3.63) is 90.0 Å². The fourth-order valence-electron chi connectivity index (χ4n) is 4.45. The van der Waals surface area contributed by atoms with Crippen LogP contribution in [0.3, 0.4) is 0 Å². The third kappa shape index (κ3) is 5.61. The summed E-state index contributed by atoms with van der Waals surface area (Å²) in [7, 11) is 1.64. The van der Waals surface area contributed by atoms with E-state index in [9.17, 15) is 9.59 Å². The Kier molecular flexibility index (Phi) is 7.40. The standard InChI is InChI=1S/C28H30N2O3/c1-33-26-14-8-6-11-22(26)15-16-27(31)30-18-17-29-28(32)24(20-30)19-23-12-5-7-13-25(23)21-9-3-2-4-10-21/h2-14,24H,15-20H2,1H3,(H,29,32)/t24-/m1/s1. The van der Waals surface area contributed by atoms with Crippen molar-refractivity contribution in [2.75, 3.05) is 26.7 Å². The lowest BCUT2D eigenvalue weighted by atomic mass is 9.91. The Labute approximate surface area is 195 Å². The zero-order chi connectivity index (χ0) is 23.0. The Bertz CT molecular complexity index is 1100. The van der Waals surface area contributed by atoms with E-state index in [-0.39, 0.29) is 17.7 Å². The maximum atomic E-state index is 13.1. The van der Waals surface area contributed by atoms with Gasteiger partial charge in [0.25, 0.3) is 0 Å². The second-order valence-corrected chi connectivity index (χ2v) is 8.37. The molecule has 0 unspecified atom stereocenters. The number of ether oxygens (including phenoxy) is 1. The summed E-state index contributed by atoms with van der Waals surface area (Å²) < 4.78 is 5.41. The highest BCUT2D eigenvalue weighted by atomic mass is 16.5. The summed E-state index contributed by atoms with van der Waals surface area (Å²) in [6.07, 6.45) is 1.59. The van der Waals surface area contributed by atoms with Crippen LogP contribution in [0, 0.1) is 5.92 Å². The SMILES string of the molecule is COc1ccccc1CCC(=O)N1CCNC(=O)[C@H](Cc2ccccc2-c2ccccc2)C1. The van der Waals surface area contributed by atoms with Gasteiger partial charge < -0.3 is 15.0 Å². The third-order valence-corrected chi connectivity index (χ3v) is 6.21. The van der Waals surface area contributed by atoms with E-state index in [4.69, 9.17) is 4.74 Å². The van der Waals surface area contributed by atoms with Gasteiger partial charge >= 0.3 is 0 Å². The van der Waals surface area contributed by atoms with Gasteiger partial charge in [-0.2, -0.15) is 0 Å². The van der Waals surface area contributed by atoms with E-state index in [2.05, 4.69) is 29.6 Å². The van der Waals surface area contributed by atoms with E-state index in [1.807, 2.05) is 59.5 Å². The monoisotopic (exact) mass is 442 g/mol. The predicted octanol–water partition coefficient (Wildman–Crippen LogP) is 4.11. The summed E-state index contributed by atoms with van der Waals surface area (Å²) >= 11 is 0. The predicted molar refractivity (Wildman–Crippen MR) is 130 cm³/mol. The summed E-state index contributed by atoms with van der Waals surface area (Å²) in [5.41, 5.74) is 4.40. The molecule has 1 heterocycles. The first-order chi connectivity index (χ1) is 16.2. The lowest BCUT2D eigenvalue weighted by Gasteiger charge is -2.24. The number of amides is 2. The van der Waals surface area contributed by atoms with Crippen LogP contribution in [-0.2, 0) is 22.4 Å². The molecular weight excluding hydrogens is 412 g/mol. The molecule has 0 aromatic heterocycles. The normalized spacial score (nSPS) is 16.1. The highest BCUT2D eigenvalue weighted by molar-refractivity contribution is 5.82. The molecule has 3 aromatic rings. The Morgan fingerprint density at radius 1 is 0.970 bits per heavy atom. The fraction of sp³-hybridized carbons (Fsp3) is 0.286. The van der Waals surface area contributed by atoms with Gasteiger partial charge in [-0.15, -0.1) is 0 Å². The number of rotatable bonds is 7. The van der Waals surface area contributed by atoms with Gasteiger partial charge in [0.1, 0.15) is 5.75 Å². The van der Waals surface area contributed by atoms with Crippen LogP contribution in [0.2, 0.25) is 0 Å². The second kappa shape index (κ2) is 10.8. The molecule has 4 rings (SSSR count). The first-order valence-corrected chi connectivity index (χ1v) is 11.5. The Morgan fingerprint density at radius 2 is 1.67 bits per heavy atom. The molecule has 170 valence electrons. The Hall–Kier alpha value is -3.60. The van der Waals surface area contributed by atoms with Crippen molar-refractivity contribution in [1.82, 2.24) is 10.2 Å². The quantitative estimate of drug-likeness (QED) is 0.599. The van der Waals surface area contributed by atoms with Gasteiger partial charge in [-0.05, 0) is 41.2 Å². The maximum Gasteiger partial charge on any atom is 0.225 e. The van der Waals surface area contributed by atoms with Gasteiger partial charge in [-0.3, -0.25) is 9.59 Å². The van der Waals surface area contributed by atoms with Crippen LogP contribution in [0.5, 0.6) is 5.75 Å². The van der Waals surface area contributed by atoms with Crippen molar-refractivity contribution in [1.29, 1.82) is 0 Å². The second-order valence-electron chi connectivity index (χ2n) is 8.37. The van der Waals surface area contributed by atoms with E-state index in [1.165, 1.54) is 0 Å². The minimum atomic E-state index is -0.285. The highest BCUT2D eigenvalue weighted by Crippen LogP contribution is 2.26. The third-order valence-electron chi connectivity index (χ3n) is 6.21. The Morgan fingerprint density at radius 3 is 2.45 bits per heavy atom. The van der Waals surface area contributed by atoms with Crippen LogP contribution >= 0.6 is 0 Å². The summed E-state index contributed by atoms with van der Waals surface area (Å²) in [6.45, 7) is 1.45. The summed E-state index contributed by atoms with van der Waals surface area (Å²) in [5.74, 6) is 0.595. The van der Waals surface area contributed by atoms with E-state index in [0.29, 0.717) is 38.9 Å². The molecule has 33 heavy (non-hydrogen) atoms. The molecule has 1 aliphatic rings. The van der Waals surface area contributed by atoms with Crippen molar-refractivity contribution in [2.24, 2.45) is 5.92 Å². The van der Waals surface area contributed by atoms with Gasteiger partial charge in [0.2, 0.25) is 11.8 Å². The number of hydrogen-bond acceptors (Lipinski definition) is 3. The number of nitrogens with zero attached hydrogens (tertiary/aromatic N) is 1. The molecule has 0 radical (unpaired) electrons. The number of carbonyl (C=O) groups is 2. The van der Waals surface area contributed by atoms with Crippen molar-refractivity contribution in [3.63, 3.8) is 0 Å². The smallest absolute Gasteiger partial charge is 0.225 e. The van der Waals surface area contributed by atoms with E-state index < -0.39 is 0 Å². The number of para-hydroxylation sites is 1. The number of nitrogens with one attached hydrogen (secondary N) is 1. The van der Waals surface area contributed by atoms with Crippen LogP contribution in [0.15, 0.2) is 78.9 Å². The molecule has 2 amide bonds. The van der Waals surface area contributed by atoms with Crippen LogP contribution < -0.4 is 10.1 Å². The fourth-order valence-corrected chi connectivity index (χ4v) is 4.45. The zero-order valence-electron chi connectivity index (χ0n) is 19.0. The van der Waals surface area contributed by atoms with E-state index >= 15 is 0 Å². The van der Waals surface area contributed by atoms with Crippen molar-refractivity contribution in [2.45, 2.75) is 19.3 Å². The van der Waals surface area contributed by atoms with Gasteiger partial charge in [-0.1, -0.05) is 72.8 Å². The number of benzene rings is 3. The lowest BCUT2D eigenvalue weighted by Crippen LogP contribution is -2.37. The minimum absolute atomic E-state index is 0.0119. The summed E-state index contributed by atoms with van der Waals surface area (Å²) in [6, 6.07) is 26.2. The molecule has 3 aromatic carbocycles. The first kappa shape index (κ1) is 22.6. The van der Waals surface area contributed by atoms with Crippen LogP contribution in [-0.4, -0.2) is 43.5 Å². The number of hydrogen-bond donors (Lipinski definition) is 1. The molecule has 1 atom stereocenters. The summed E-state index contributed by atoms with van der Waals surface area (Å²) in [4.78, 5) is 27.7. The zero-order valence-corrected chi connectivity index (χ0v) is 19.0. The minimum Gasteiger partial charge on any atom is -0.496 e. The van der Waals surface area contributed by atoms with Crippen LogP contribution in [0.1, 0.15) is 17.5 Å². The lowest BCUT2D eigenvalue weighted by molar-refractivity contribution is -0.132. The molecule has 0 saturated carbocycles. The molecule has 1 N–H and O–H groups in total. The van der Waals surface area contributed by atoms with E-state index in [1.54, 1.807) is 7.11 Å². The van der Waals surface area contributed by atoms with Crippen LogP contribution in [0.25, 0.3) is 11.1 Å². The molecule has 0 aliphatic carbocycles. The molecule has 5 heteroatoms. The number of methoxy groups -OCH3 is 1. The molecule has 1 fully saturated rings. The van der Waals surface area contributed by atoms with Crippen molar-refractivity contribution < 1.29 is 14.3 Å². The summed E-state index contributed by atoms with van der Waals surface area (Å²) in [5, 5.41) is 3.00. The molecule has 5 nitrogen and oxygen atoms in total. The molecular formula is C28H30N2O3. The van der Waals surface area contributed by atoms with Crippen molar-refractivity contribution >= 4 is 11.8 Å². The molecule has 0 spiro atoms. The van der Waals surface area contributed by atoms with Gasteiger partial charge in [0.05, 0.1) is 13.0 Å². The molecule has 0 bridgehead atoms. The van der Waals surface area contributed by atoms with Gasteiger partial charge in [0.15, 0.2) is 0 Å². The highest BCUT2D eigenvalue weighted by Gasteiger charge is 2.28. The van der Waals surface area contributed by atoms with Gasteiger partial charge in [-0.25, -0.2) is 0 Å². The first-order valence-electron chi connectivity index (χ1n) is 11.5. The largest absolute Gasteiger partial charge is 0.496 e. The maximum absolute atomic E-state index is 13.1. The van der Waals surface area contributed by atoms with Crippen LogP contribution in [0.4, 0.5) is 0 Å². The van der Waals surface area contributed by atoms with Gasteiger partial charge in [0, 0.05) is 26.1 Å². The number of aryl methyl sites for hydroxylation is 1. The topological polar surface area (TPSA) is 58.6 Å². The van der Waals surface area contributed by atoms with E-state index in [0.717, 1.165) is 28.0 Å². The molecule has 1 aliphatic heterocycles. The average Bonchev–Trinajstić information content (AvgIpc) is 3.05. The Balaban J connectivity index is 1.46. The van der Waals surface area contributed by atoms with Crippen molar-refractivity contribution in [3.8, 4) is 16.9 Å². The average molecular weight is 443 g/mol.